The van der Waals surface area contributed by atoms with Gasteiger partial charge in [0.1, 0.15) is 0 Å². The van der Waals surface area contributed by atoms with Crippen molar-refractivity contribution in [1.82, 2.24) is 20.4 Å². The van der Waals surface area contributed by atoms with E-state index in [0.717, 1.165) is 38.9 Å². The Kier molecular flexibility index (Phi) is 8.12. The number of amides is 2. The second-order valence-corrected chi connectivity index (χ2v) is 7.55. The molecule has 2 amide bonds. The van der Waals surface area contributed by atoms with E-state index in [-0.39, 0.29) is 36.9 Å². The summed E-state index contributed by atoms with van der Waals surface area (Å²) in [5, 5.41) is 14.8. The van der Waals surface area contributed by atoms with Gasteiger partial charge in [0.2, 0.25) is 0 Å². The maximum atomic E-state index is 12.0. The topological polar surface area (TPSA) is 94.1 Å². The molecule has 1 aliphatic heterocycles. The van der Waals surface area contributed by atoms with Crippen molar-refractivity contribution in [2.24, 2.45) is 0 Å². The minimum atomic E-state index is -0.801. The fourth-order valence-electron chi connectivity index (χ4n) is 3.88. The van der Waals surface area contributed by atoms with Crippen LogP contribution in [0.15, 0.2) is 0 Å². The summed E-state index contributed by atoms with van der Waals surface area (Å²) >= 11 is 0. The van der Waals surface area contributed by atoms with Crippen LogP contribution in [0, 0.1) is 0 Å². The second kappa shape index (κ2) is 10.1. The van der Waals surface area contributed by atoms with Gasteiger partial charge in [-0.25, -0.2) is 4.79 Å². The molecule has 2 aliphatic rings. The van der Waals surface area contributed by atoms with Gasteiger partial charge in [0.25, 0.3) is 0 Å². The molecule has 3 N–H and O–H groups in total. The van der Waals surface area contributed by atoms with Gasteiger partial charge in [0, 0.05) is 38.3 Å². The van der Waals surface area contributed by atoms with Crippen LogP contribution in [0.2, 0.25) is 0 Å². The van der Waals surface area contributed by atoms with Crippen LogP contribution in [0.4, 0.5) is 4.79 Å². The molecule has 150 valence electrons. The molecule has 1 heterocycles. The van der Waals surface area contributed by atoms with E-state index in [2.05, 4.69) is 29.4 Å². The lowest BCUT2D eigenvalue weighted by Crippen LogP contribution is -2.56. The predicted molar refractivity (Wildman–Crippen MR) is 99.3 cm³/mol. The van der Waals surface area contributed by atoms with Gasteiger partial charge in [-0.3, -0.25) is 14.6 Å². The Morgan fingerprint density at radius 2 is 1.88 bits per heavy atom. The zero-order chi connectivity index (χ0) is 19.1. The average Bonchev–Trinajstić information content (AvgIpc) is 2.51. The van der Waals surface area contributed by atoms with E-state index >= 15 is 0 Å². The normalized spacial score (nSPS) is 29.2. The molecular formula is C18H34N4O4. The molecule has 0 bridgehead atoms. The fourth-order valence-corrected chi connectivity index (χ4v) is 3.88. The number of rotatable bonds is 9. The third-order valence-corrected chi connectivity index (χ3v) is 5.14. The van der Waals surface area contributed by atoms with E-state index in [0.29, 0.717) is 13.1 Å². The molecule has 26 heavy (non-hydrogen) atoms. The summed E-state index contributed by atoms with van der Waals surface area (Å²) in [6, 6.07) is 0.272. The van der Waals surface area contributed by atoms with E-state index < -0.39 is 5.97 Å². The van der Waals surface area contributed by atoms with Gasteiger partial charge in [-0.05, 0) is 39.7 Å². The summed E-state index contributed by atoms with van der Waals surface area (Å²) in [7, 11) is 0. The molecule has 0 aromatic heterocycles. The Labute approximate surface area is 156 Å². The number of carboxylic acid groups (broad SMARTS) is 1. The quantitative estimate of drug-likeness (QED) is 0.518. The summed E-state index contributed by atoms with van der Waals surface area (Å²) < 4.78 is 5.72. The first-order valence-electron chi connectivity index (χ1n) is 9.75. The molecular weight excluding hydrogens is 336 g/mol. The first-order valence-corrected chi connectivity index (χ1v) is 9.75. The first kappa shape index (κ1) is 20.9. The van der Waals surface area contributed by atoms with Gasteiger partial charge in [-0.1, -0.05) is 6.92 Å². The van der Waals surface area contributed by atoms with Crippen LogP contribution in [0.1, 0.15) is 40.0 Å². The van der Waals surface area contributed by atoms with Crippen LogP contribution < -0.4 is 10.6 Å². The lowest BCUT2D eigenvalue weighted by Gasteiger charge is -2.42. The molecule has 0 aromatic carbocycles. The third kappa shape index (κ3) is 6.74. The van der Waals surface area contributed by atoms with Crippen LogP contribution in [-0.2, 0) is 9.53 Å². The van der Waals surface area contributed by atoms with E-state index in [4.69, 9.17) is 9.84 Å². The number of ether oxygens (including phenoxy) is 1. The maximum absolute atomic E-state index is 12.0. The number of urea groups is 1. The highest BCUT2D eigenvalue weighted by atomic mass is 16.5. The molecule has 1 saturated heterocycles. The summed E-state index contributed by atoms with van der Waals surface area (Å²) in [5.74, 6) is -0.801. The molecule has 2 fully saturated rings. The number of hydrogen-bond donors (Lipinski definition) is 3. The highest BCUT2D eigenvalue weighted by Crippen LogP contribution is 2.25. The van der Waals surface area contributed by atoms with Gasteiger partial charge in [0.05, 0.1) is 18.8 Å². The van der Waals surface area contributed by atoms with E-state index in [1.54, 1.807) is 0 Å². The van der Waals surface area contributed by atoms with Crippen LogP contribution in [-0.4, -0.2) is 90.5 Å². The Morgan fingerprint density at radius 3 is 2.46 bits per heavy atom. The number of nitrogens with one attached hydrogen (secondary N) is 2. The summed E-state index contributed by atoms with van der Waals surface area (Å²) in [6.07, 6.45) is 3.09. The zero-order valence-corrected chi connectivity index (χ0v) is 16.2. The lowest BCUT2D eigenvalue weighted by atomic mass is 9.85. The number of likely N-dealkylation sites (N-methyl/N-ethyl adjacent to an activating group) is 1. The van der Waals surface area contributed by atoms with Gasteiger partial charge in [-0.15, -0.1) is 0 Å². The number of aliphatic carboxylic acids is 1. The van der Waals surface area contributed by atoms with E-state index in [9.17, 15) is 9.59 Å². The summed E-state index contributed by atoms with van der Waals surface area (Å²) in [4.78, 5) is 27.1. The molecule has 0 radical (unpaired) electrons. The number of carbonyl (C=O) groups is 2. The fraction of sp³-hybridized carbons (Fsp3) is 0.889. The van der Waals surface area contributed by atoms with Crippen molar-refractivity contribution in [2.75, 3.05) is 39.3 Å². The number of nitrogens with zero attached hydrogens (tertiary/aromatic N) is 2. The predicted octanol–water partition coefficient (Wildman–Crippen LogP) is 0.722. The molecule has 0 spiro atoms. The van der Waals surface area contributed by atoms with Crippen molar-refractivity contribution in [3.8, 4) is 0 Å². The van der Waals surface area contributed by atoms with Gasteiger partial charge in [-0.2, -0.15) is 0 Å². The van der Waals surface area contributed by atoms with Crippen molar-refractivity contribution in [3.05, 3.63) is 0 Å². The number of morpholine rings is 1. The highest BCUT2D eigenvalue weighted by molar-refractivity contribution is 5.74. The van der Waals surface area contributed by atoms with Crippen molar-refractivity contribution >= 4 is 12.0 Å². The molecule has 2 unspecified atom stereocenters. The standard InChI is InChI=1S/C18H34N4O4/c1-4-22(12-17(23)24)16-8-15(9-16)20-18(25)19-6-5-7-21-10-13(2)26-14(3)11-21/h13-16H,4-12H2,1-3H3,(H,23,24)(H2,19,20,25). The Hall–Kier alpha value is -1.38. The molecule has 2 atom stereocenters. The first-order chi connectivity index (χ1) is 12.4. The minimum Gasteiger partial charge on any atom is -0.480 e. The smallest absolute Gasteiger partial charge is 0.317 e. The van der Waals surface area contributed by atoms with Gasteiger partial charge in [0.15, 0.2) is 0 Å². The number of carboxylic acids is 1. The van der Waals surface area contributed by atoms with Crippen molar-refractivity contribution in [2.45, 2.75) is 64.3 Å². The molecule has 2 rings (SSSR count). The molecule has 1 aliphatic carbocycles. The molecule has 8 heteroatoms. The van der Waals surface area contributed by atoms with Crippen LogP contribution >= 0.6 is 0 Å². The van der Waals surface area contributed by atoms with Crippen LogP contribution in [0.25, 0.3) is 0 Å². The molecule has 8 nitrogen and oxygen atoms in total. The highest BCUT2D eigenvalue weighted by Gasteiger charge is 2.34. The summed E-state index contributed by atoms with van der Waals surface area (Å²) in [6.45, 7) is 10.5. The summed E-state index contributed by atoms with van der Waals surface area (Å²) in [5.41, 5.74) is 0. The molecule has 0 aromatic rings. The maximum Gasteiger partial charge on any atom is 0.317 e. The number of hydrogen-bond acceptors (Lipinski definition) is 5. The minimum absolute atomic E-state index is 0.0683. The zero-order valence-electron chi connectivity index (χ0n) is 16.2. The van der Waals surface area contributed by atoms with Gasteiger partial charge >= 0.3 is 12.0 Å². The SMILES string of the molecule is CCN(CC(=O)O)C1CC(NC(=O)NCCCN2CC(C)OC(C)C2)C1. The van der Waals surface area contributed by atoms with Crippen molar-refractivity contribution in [1.29, 1.82) is 0 Å². The Morgan fingerprint density at radius 1 is 1.23 bits per heavy atom. The number of carbonyl (C=O) groups excluding carboxylic acids is 1. The van der Waals surface area contributed by atoms with E-state index in [1.807, 2.05) is 11.8 Å². The Bertz CT molecular complexity index is 460. The van der Waals surface area contributed by atoms with Crippen molar-refractivity contribution < 1.29 is 19.4 Å². The van der Waals surface area contributed by atoms with Crippen molar-refractivity contribution in [3.63, 3.8) is 0 Å². The average molecular weight is 370 g/mol. The monoisotopic (exact) mass is 370 g/mol. The second-order valence-electron chi connectivity index (χ2n) is 7.55. The lowest BCUT2D eigenvalue weighted by molar-refractivity contribution is -0.139. The largest absolute Gasteiger partial charge is 0.480 e. The molecule has 1 saturated carbocycles. The Balaban J connectivity index is 1.54. The van der Waals surface area contributed by atoms with Gasteiger partial charge < -0.3 is 20.5 Å². The van der Waals surface area contributed by atoms with Crippen LogP contribution in [0.5, 0.6) is 0 Å². The third-order valence-electron chi connectivity index (χ3n) is 5.14. The van der Waals surface area contributed by atoms with E-state index in [1.165, 1.54) is 0 Å². The van der Waals surface area contributed by atoms with Crippen LogP contribution in [0.3, 0.4) is 0 Å².